The summed E-state index contributed by atoms with van der Waals surface area (Å²) in [5, 5.41) is 0. The van der Waals surface area contributed by atoms with Crippen LogP contribution in [0.3, 0.4) is 0 Å². The zero-order chi connectivity index (χ0) is 14.8. The molecule has 1 aliphatic rings. The first-order valence-electron chi connectivity index (χ1n) is 7.11. The molecular formula is C17H19NO2S. The van der Waals surface area contributed by atoms with Gasteiger partial charge in [-0.2, -0.15) is 0 Å². The van der Waals surface area contributed by atoms with Crippen LogP contribution in [0.2, 0.25) is 0 Å². The second-order valence-electron chi connectivity index (χ2n) is 5.41. The number of rotatable bonds is 3. The van der Waals surface area contributed by atoms with Crippen molar-refractivity contribution in [3.05, 3.63) is 53.6 Å². The molecule has 0 saturated heterocycles. The SMILES string of the molecule is Cc1cc(N)ccc1S(=O)CC1CCOc2ccccc21. The summed E-state index contributed by atoms with van der Waals surface area (Å²) < 4.78 is 18.3. The van der Waals surface area contributed by atoms with Crippen LogP contribution in [0, 0.1) is 6.92 Å². The summed E-state index contributed by atoms with van der Waals surface area (Å²) in [5.41, 5.74) is 8.64. The third kappa shape index (κ3) is 2.95. The molecule has 0 amide bonds. The van der Waals surface area contributed by atoms with Crippen molar-refractivity contribution in [2.24, 2.45) is 0 Å². The number of fused-ring (bicyclic) bond motifs is 1. The molecule has 2 aromatic carbocycles. The zero-order valence-electron chi connectivity index (χ0n) is 12.0. The molecule has 0 bridgehead atoms. The van der Waals surface area contributed by atoms with Gasteiger partial charge < -0.3 is 10.5 Å². The summed E-state index contributed by atoms with van der Waals surface area (Å²) in [6, 6.07) is 13.6. The number of anilines is 1. The maximum atomic E-state index is 12.7. The van der Waals surface area contributed by atoms with E-state index in [1.54, 1.807) is 0 Å². The lowest BCUT2D eigenvalue weighted by Gasteiger charge is -2.25. The predicted octanol–water partition coefficient (Wildman–Crippen LogP) is 3.25. The van der Waals surface area contributed by atoms with Crippen molar-refractivity contribution < 1.29 is 8.95 Å². The zero-order valence-corrected chi connectivity index (χ0v) is 12.9. The molecule has 3 rings (SSSR count). The molecule has 1 aliphatic heterocycles. The summed E-state index contributed by atoms with van der Waals surface area (Å²) in [4.78, 5) is 0.883. The molecule has 21 heavy (non-hydrogen) atoms. The van der Waals surface area contributed by atoms with Crippen molar-refractivity contribution in [1.29, 1.82) is 0 Å². The Bertz CT molecular complexity index is 684. The number of ether oxygens (including phenoxy) is 1. The van der Waals surface area contributed by atoms with Gasteiger partial charge in [-0.15, -0.1) is 0 Å². The van der Waals surface area contributed by atoms with Crippen molar-refractivity contribution in [1.82, 2.24) is 0 Å². The quantitative estimate of drug-likeness (QED) is 0.885. The van der Waals surface area contributed by atoms with Crippen molar-refractivity contribution in [2.45, 2.75) is 24.2 Å². The van der Waals surface area contributed by atoms with Gasteiger partial charge in [-0.3, -0.25) is 4.21 Å². The molecule has 1 heterocycles. The molecule has 0 aliphatic carbocycles. The molecule has 2 N–H and O–H groups in total. The van der Waals surface area contributed by atoms with Crippen LogP contribution in [-0.2, 0) is 10.8 Å². The van der Waals surface area contributed by atoms with Crippen LogP contribution in [0.1, 0.15) is 23.5 Å². The average molecular weight is 301 g/mol. The van der Waals surface area contributed by atoms with Crippen LogP contribution in [-0.4, -0.2) is 16.6 Å². The highest BCUT2D eigenvalue weighted by Crippen LogP contribution is 2.34. The molecule has 2 unspecified atom stereocenters. The van der Waals surface area contributed by atoms with Gasteiger partial charge >= 0.3 is 0 Å². The Balaban J connectivity index is 1.83. The lowest BCUT2D eigenvalue weighted by Crippen LogP contribution is -2.19. The highest BCUT2D eigenvalue weighted by Gasteiger charge is 2.23. The number of nitrogen functional groups attached to an aromatic ring is 1. The average Bonchev–Trinajstić information content (AvgIpc) is 2.47. The second kappa shape index (κ2) is 5.90. The number of hydrogen-bond acceptors (Lipinski definition) is 3. The Morgan fingerprint density at radius 3 is 2.90 bits per heavy atom. The topological polar surface area (TPSA) is 52.3 Å². The van der Waals surface area contributed by atoms with Crippen LogP contribution in [0.5, 0.6) is 5.75 Å². The third-order valence-electron chi connectivity index (χ3n) is 3.88. The van der Waals surface area contributed by atoms with E-state index in [0.717, 1.165) is 22.6 Å². The van der Waals surface area contributed by atoms with Crippen molar-refractivity contribution in [2.75, 3.05) is 18.1 Å². The molecule has 0 radical (unpaired) electrons. The van der Waals surface area contributed by atoms with Gasteiger partial charge in [0, 0.05) is 22.3 Å². The van der Waals surface area contributed by atoms with E-state index in [9.17, 15) is 4.21 Å². The van der Waals surface area contributed by atoms with Gasteiger partial charge in [0.25, 0.3) is 0 Å². The Hall–Kier alpha value is -1.81. The smallest absolute Gasteiger partial charge is 0.122 e. The molecule has 0 fully saturated rings. The van der Waals surface area contributed by atoms with Crippen molar-refractivity contribution in [3.8, 4) is 5.75 Å². The fraction of sp³-hybridized carbons (Fsp3) is 0.294. The van der Waals surface area contributed by atoms with E-state index >= 15 is 0 Å². The van der Waals surface area contributed by atoms with Crippen LogP contribution < -0.4 is 10.5 Å². The van der Waals surface area contributed by atoms with Crippen LogP contribution >= 0.6 is 0 Å². The van der Waals surface area contributed by atoms with Crippen molar-refractivity contribution in [3.63, 3.8) is 0 Å². The minimum atomic E-state index is -1.02. The molecule has 0 saturated carbocycles. The molecule has 2 aromatic rings. The second-order valence-corrected chi connectivity index (χ2v) is 6.87. The van der Waals surface area contributed by atoms with Gasteiger partial charge in [-0.1, -0.05) is 18.2 Å². The van der Waals surface area contributed by atoms with Gasteiger partial charge in [-0.25, -0.2) is 0 Å². The third-order valence-corrected chi connectivity index (χ3v) is 5.53. The Morgan fingerprint density at radius 1 is 1.29 bits per heavy atom. The van der Waals surface area contributed by atoms with Gasteiger partial charge in [0.1, 0.15) is 5.75 Å². The van der Waals surface area contributed by atoms with E-state index in [1.165, 1.54) is 5.56 Å². The molecular weight excluding hydrogens is 282 g/mol. The number of hydrogen-bond donors (Lipinski definition) is 1. The minimum absolute atomic E-state index is 0.285. The van der Waals surface area contributed by atoms with E-state index in [4.69, 9.17) is 10.5 Å². The first-order chi connectivity index (χ1) is 10.1. The fourth-order valence-corrected chi connectivity index (χ4v) is 4.32. The predicted molar refractivity (Wildman–Crippen MR) is 86.2 cm³/mol. The van der Waals surface area contributed by atoms with Crippen LogP contribution in [0.25, 0.3) is 0 Å². The largest absolute Gasteiger partial charge is 0.493 e. The molecule has 3 nitrogen and oxygen atoms in total. The lowest BCUT2D eigenvalue weighted by atomic mass is 9.95. The Kier molecular flexibility index (Phi) is 3.97. The summed E-state index contributed by atoms with van der Waals surface area (Å²) in [6.45, 7) is 2.65. The van der Waals surface area contributed by atoms with Gasteiger partial charge in [0.15, 0.2) is 0 Å². The lowest BCUT2D eigenvalue weighted by molar-refractivity contribution is 0.273. The molecule has 2 atom stereocenters. The molecule has 0 aromatic heterocycles. The van der Waals surface area contributed by atoms with E-state index < -0.39 is 10.8 Å². The van der Waals surface area contributed by atoms with Gasteiger partial charge in [-0.05, 0) is 48.7 Å². The highest BCUT2D eigenvalue weighted by atomic mass is 32.2. The molecule has 4 heteroatoms. The first-order valence-corrected chi connectivity index (χ1v) is 8.43. The van der Waals surface area contributed by atoms with E-state index in [2.05, 4.69) is 6.07 Å². The molecule has 0 spiro atoms. The summed E-state index contributed by atoms with van der Waals surface area (Å²) in [7, 11) is -1.02. The summed E-state index contributed by atoms with van der Waals surface area (Å²) in [5.74, 6) is 1.85. The van der Waals surface area contributed by atoms with E-state index in [0.29, 0.717) is 18.0 Å². The van der Waals surface area contributed by atoms with Crippen LogP contribution in [0.15, 0.2) is 47.4 Å². The Labute approximate surface area is 127 Å². The summed E-state index contributed by atoms with van der Waals surface area (Å²) in [6.07, 6.45) is 0.913. The summed E-state index contributed by atoms with van der Waals surface area (Å²) >= 11 is 0. The van der Waals surface area contributed by atoms with Gasteiger partial charge in [0.05, 0.1) is 17.4 Å². The fourth-order valence-electron chi connectivity index (χ4n) is 2.79. The first kappa shape index (κ1) is 14.1. The number of aryl methyl sites for hydroxylation is 1. The van der Waals surface area contributed by atoms with Gasteiger partial charge in [0.2, 0.25) is 0 Å². The highest BCUT2D eigenvalue weighted by molar-refractivity contribution is 7.85. The maximum Gasteiger partial charge on any atom is 0.122 e. The van der Waals surface area contributed by atoms with Crippen molar-refractivity contribution >= 4 is 16.5 Å². The minimum Gasteiger partial charge on any atom is -0.493 e. The number of para-hydroxylation sites is 1. The van der Waals surface area contributed by atoms with E-state index in [1.807, 2.05) is 43.3 Å². The molecule has 110 valence electrons. The number of benzene rings is 2. The standard InChI is InChI=1S/C17H19NO2S/c1-12-10-14(18)6-7-17(12)21(19)11-13-8-9-20-16-5-3-2-4-15(13)16/h2-7,10,13H,8-9,11,18H2,1H3. The maximum absolute atomic E-state index is 12.7. The number of nitrogens with two attached hydrogens (primary N) is 1. The normalized spacial score (nSPS) is 18.6. The Morgan fingerprint density at radius 2 is 2.10 bits per heavy atom. The monoisotopic (exact) mass is 301 g/mol. The van der Waals surface area contributed by atoms with E-state index in [-0.39, 0.29) is 5.92 Å². The van der Waals surface area contributed by atoms with Crippen LogP contribution in [0.4, 0.5) is 5.69 Å².